The van der Waals surface area contributed by atoms with Crippen molar-refractivity contribution in [2.75, 3.05) is 26.8 Å². The lowest BCUT2D eigenvalue weighted by Gasteiger charge is -2.36. The van der Waals surface area contributed by atoms with Crippen molar-refractivity contribution in [3.8, 4) is 0 Å². The molecule has 1 heterocycles. The van der Waals surface area contributed by atoms with E-state index < -0.39 is 11.4 Å². The molecule has 0 aliphatic carbocycles. The molecular weight excluding hydrogens is 261 g/mol. The van der Waals surface area contributed by atoms with Crippen molar-refractivity contribution in [3.05, 3.63) is 35.6 Å². The van der Waals surface area contributed by atoms with Gasteiger partial charge in [0.2, 0.25) is 0 Å². The number of aliphatic carboxylic acids is 1. The van der Waals surface area contributed by atoms with Crippen molar-refractivity contribution in [3.63, 3.8) is 0 Å². The highest BCUT2D eigenvalue weighted by Crippen LogP contribution is 2.32. The topological polar surface area (TPSA) is 49.8 Å². The standard InChI is InChI=1S/C15H20FNO3/c1-17(10-12-2-4-13(16)5-3-12)11-15(14(18)19)6-8-20-9-7-15/h2-5H,6-11H2,1H3,(H,18,19). The molecule has 0 radical (unpaired) electrons. The Morgan fingerprint density at radius 3 is 2.50 bits per heavy atom. The van der Waals surface area contributed by atoms with Gasteiger partial charge in [0.1, 0.15) is 5.82 Å². The van der Waals surface area contributed by atoms with Crippen LogP contribution in [0.1, 0.15) is 18.4 Å². The molecule has 1 aliphatic heterocycles. The second-order valence-corrected chi connectivity index (χ2v) is 5.50. The second kappa shape index (κ2) is 6.33. The third-order valence-corrected chi connectivity index (χ3v) is 3.84. The molecule has 2 rings (SSSR count). The molecule has 1 saturated heterocycles. The van der Waals surface area contributed by atoms with E-state index in [0.29, 0.717) is 39.1 Å². The summed E-state index contributed by atoms with van der Waals surface area (Å²) < 4.78 is 18.1. The summed E-state index contributed by atoms with van der Waals surface area (Å²) in [7, 11) is 1.89. The zero-order valence-electron chi connectivity index (χ0n) is 11.6. The molecule has 110 valence electrons. The number of hydrogen-bond acceptors (Lipinski definition) is 3. The number of carboxylic acid groups (broad SMARTS) is 1. The molecule has 1 aliphatic rings. The van der Waals surface area contributed by atoms with E-state index in [2.05, 4.69) is 0 Å². The van der Waals surface area contributed by atoms with Crippen LogP contribution >= 0.6 is 0 Å². The molecule has 1 aromatic rings. The number of ether oxygens (including phenoxy) is 1. The third kappa shape index (κ3) is 3.55. The van der Waals surface area contributed by atoms with Gasteiger partial charge in [0.25, 0.3) is 0 Å². The van der Waals surface area contributed by atoms with Crippen LogP contribution in [0, 0.1) is 11.2 Å². The van der Waals surface area contributed by atoms with Crippen molar-refractivity contribution < 1.29 is 19.0 Å². The van der Waals surface area contributed by atoms with E-state index in [4.69, 9.17) is 4.74 Å². The first kappa shape index (κ1) is 14.9. The summed E-state index contributed by atoms with van der Waals surface area (Å²) in [4.78, 5) is 13.6. The Bertz CT molecular complexity index is 455. The summed E-state index contributed by atoms with van der Waals surface area (Å²) in [6, 6.07) is 6.29. The smallest absolute Gasteiger partial charge is 0.311 e. The molecule has 0 saturated carbocycles. The molecule has 0 unspecified atom stereocenters. The summed E-state index contributed by atoms with van der Waals surface area (Å²) in [5.74, 6) is -1.02. The van der Waals surface area contributed by atoms with Crippen molar-refractivity contribution in [2.24, 2.45) is 5.41 Å². The first-order chi connectivity index (χ1) is 9.52. The van der Waals surface area contributed by atoms with Gasteiger partial charge in [-0.05, 0) is 37.6 Å². The number of nitrogens with zero attached hydrogens (tertiary/aromatic N) is 1. The summed E-state index contributed by atoms with van der Waals surface area (Å²) in [5, 5.41) is 9.51. The predicted molar refractivity (Wildman–Crippen MR) is 72.9 cm³/mol. The molecule has 0 spiro atoms. The Labute approximate surface area is 118 Å². The SMILES string of the molecule is CN(Cc1ccc(F)cc1)CC1(C(=O)O)CCOCC1. The molecule has 5 heteroatoms. The first-order valence-electron chi connectivity index (χ1n) is 6.76. The highest BCUT2D eigenvalue weighted by Gasteiger charge is 2.40. The molecule has 0 aromatic heterocycles. The maximum atomic E-state index is 12.9. The minimum Gasteiger partial charge on any atom is -0.481 e. The van der Waals surface area contributed by atoms with Gasteiger partial charge in [-0.3, -0.25) is 4.79 Å². The molecule has 1 N–H and O–H groups in total. The van der Waals surface area contributed by atoms with Crippen molar-refractivity contribution in [2.45, 2.75) is 19.4 Å². The van der Waals surface area contributed by atoms with Gasteiger partial charge in [0.05, 0.1) is 5.41 Å². The zero-order valence-corrected chi connectivity index (χ0v) is 11.6. The Balaban J connectivity index is 1.99. The fourth-order valence-electron chi connectivity index (χ4n) is 2.68. The summed E-state index contributed by atoms with van der Waals surface area (Å²) in [6.07, 6.45) is 1.08. The van der Waals surface area contributed by atoms with Gasteiger partial charge < -0.3 is 14.7 Å². The average Bonchev–Trinajstić information content (AvgIpc) is 2.42. The Hall–Kier alpha value is -1.46. The van der Waals surface area contributed by atoms with E-state index in [0.717, 1.165) is 5.56 Å². The van der Waals surface area contributed by atoms with Crippen molar-refractivity contribution in [1.82, 2.24) is 4.90 Å². The third-order valence-electron chi connectivity index (χ3n) is 3.84. The zero-order chi connectivity index (χ0) is 14.6. The van der Waals surface area contributed by atoms with E-state index in [-0.39, 0.29) is 5.82 Å². The van der Waals surface area contributed by atoms with Gasteiger partial charge in [-0.2, -0.15) is 0 Å². The summed E-state index contributed by atoms with van der Waals surface area (Å²) in [6.45, 7) is 2.08. The molecule has 4 nitrogen and oxygen atoms in total. The number of halogens is 1. The molecular formula is C15H20FNO3. The van der Waals surface area contributed by atoms with Crippen LogP contribution in [0.4, 0.5) is 4.39 Å². The van der Waals surface area contributed by atoms with Crippen LogP contribution in [0.2, 0.25) is 0 Å². The lowest BCUT2D eigenvalue weighted by atomic mass is 9.80. The van der Waals surface area contributed by atoms with Gasteiger partial charge in [0.15, 0.2) is 0 Å². The van der Waals surface area contributed by atoms with Gasteiger partial charge in [-0.1, -0.05) is 12.1 Å². The van der Waals surface area contributed by atoms with E-state index in [9.17, 15) is 14.3 Å². The Morgan fingerprint density at radius 2 is 1.95 bits per heavy atom. The molecule has 1 aromatic carbocycles. The maximum Gasteiger partial charge on any atom is 0.311 e. The van der Waals surface area contributed by atoms with Crippen molar-refractivity contribution >= 4 is 5.97 Å². The molecule has 1 fully saturated rings. The van der Waals surface area contributed by atoms with Gasteiger partial charge >= 0.3 is 5.97 Å². The van der Waals surface area contributed by atoms with Gasteiger partial charge in [0, 0.05) is 26.3 Å². The first-order valence-corrected chi connectivity index (χ1v) is 6.76. The fraction of sp³-hybridized carbons (Fsp3) is 0.533. The molecule has 20 heavy (non-hydrogen) atoms. The number of hydrogen-bond donors (Lipinski definition) is 1. The number of rotatable bonds is 5. The fourth-order valence-corrected chi connectivity index (χ4v) is 2.68. The maximum absolute atomic E-state index is 12.9. The number of carbonyl (C=O) groups is 1. The van der Waals surface area contributed by atoms with Gasteiger partial charge in [-0.15, -0.1) is 0 Å². The largest absolute Gasteiger partial charge is 0.481 e. The van der Waals surface area contributed by atoms with E-state index >= 15 is 0 Å². The minimum atomic E-state index is -0.758. The van der Waals surface area contributed by atoms with Crippen LogP contribution in [0.3, 0.4) is 0 Å². The normalized spacial score (nSPS) is 18.1. The van der Waals surface area contributed by atoms with Crippen LogP contribution in [0.5, 0.6) is 0 Å². The van der Waals surface area contributed by atoms with Gasteiger partial charge in [-0.25, -0.2) is 4.39 Å². The quantitative estimate of drug-likeness (QED) is 0.898. The van der Waals surface area contributed by atoms with E-state index in [1.165, 1.54) is 12.1 Å². The van der Waals surface area contributed by atoms with Crippen molar-refractivity contribution in [1.29, 1.82) is 0 Å². The van der Waals surface area contributed by atoms with Crippen LogP contribution in [-0.2, 0) is 16.1 Å². The minimum absolute atomic E-state index is 0.261. The van der Waals surface area contributed by atoms with Crippen LogP contribution in [0.15, 0.2) is 24.3 Å². The van der Waals surface area contributed by atoms with E-state index in [1.807, 2.05) is 11.9 Å². The number of benzene rings is 1. The average molecular weight is 281 g/mol. The number of carboxylic acids is 1. The second-order valence-electron chi connectivity index (χ2n) is 5.50. The highest BCUT2D eigenvalue weighted by atomic mass is 19.1. The van der Waals surface area contributed by atoms with E-state index in [1.54, 1.807) is 12.1 Å². The molecule has 0 bridgehead atoms. The molecule has 0 amide bonds. The predicted octanol–water partition coefficient (Wildman–Crippen LogP) is 2.14. The molecule has 0 atom stereocenters. The lowest BCUT2D eigenvalue weighted by molar-refractivity contribution is -0.156. The Morgan fingerprint density at radius 1 is 1.35 bits per heavy atom. The van der Waals surface area contributed by atoms with Crippen LogP contribution in [0.25, 0.3) is 0 Å². The summed E-state index contributed by atoms with van der Waals surface area (Å²) >= 11 is 0. The highest BCUT2D eigenvalue weighted by molar-refractivity contribution is 5.75. The van der Waals surface area contributed by atoms with Crippen LogP contribution < -0.4 is 0 Å². The summed E-state index contributed by atoms with van der Waals surface area (Å²) in [5.41, 5.74) is 0.244. The lowest BCUT2D eigenvalue weighted by Crippen LogP contribution is -2.45. The monoisotopic (exact) mass is 281 g/mol. The Kier molecular flexibility index (Phi) is 4.73. The van der Waals surface area contributed by atoms with Crippen LogP contribution in [-0.4, -0.2) is 42.8 Å².